The highest BCUT2D eigenvalue weighted by Gasteiger charge is 2.30. The van der Waals surface area contributed by atoms with Crippen molar-refractivity contribution in [2.24, 2.45) is 0 Å². The molecule has 0 spiro atoms. The number of hydrogen-bond donors (Lipinski definition) is 0. The van der Waals surface area contributed by atoms with Crippen LogP contribution in [0.5, 0.6) is 11.5 Å². The second-order valence-corrected chi connectivity index (χ2v) is 6.73. The molecule has 130 valence electrons. The number of ether oxygens (including phenoxy) is 3. The molecular formula is C14H13Cl3N2O5. The predicted molar refractivity (Wildman–Crippen MR) is 87.7 cm³/mol. The molecule has 0 saturated heterocycles. The van der Waals surface area contributed by atoms with E-state index in [9.17, 15) is 4.79 Å². The lowest BCUT2D eigenvalue weighted by atomic mass is 10.2. The molecule has 24 heavy (non-hydrogen) atoms. The highest BCUT2D eigenvalue weighted by Crippen LogP contribution is 2.39. The molecule has 0 saturated carbocycles. The number of methoxy groups -OCH3 is 2. The first-order valence-electron chi connectivity index (χ1n) is 6.64. The second-order valence-electron chi connectivity index (χ2n) is 4.45. The van der Waals surface area contributed by atoms with Crippen molar-refractivity contribution in [1.82, 2.24) is 10.2 Å². The lowest BCUT2D eigenvalue weighted by molar-refractivity contribution is -0.141. The van der Waals surface area contributed by atoms with E-state index in [1.165, 1.54) is 14.2 Å². The van der Waals surface area contributed by atoms with Gasteiger partial charge in [-0.25, -0.2) is 0 Å². The summed E-state index contributed by atoms with van der Waals surface area (Å²) in [5.41, 5.74) is 0.556. The first kappa shape index (κ1) is 18.6. The van der Waals surface area contributed by atoms with Gasteiger partial charge in [0.05, 0.1) is 27.2 Å². The van der Waals surface area contributed by atoms with Crippen molar-refractivity contribution in [3.05, 3.63) is 24.1 Å². The highest BCUT2D eigenvalue weighted by molar-refractivity contribution is 6.66. The zero-order chi connectivity index (χ0) is 17.7. The third-order valence-corrected chi connectivity index (χ3v) is 3.35. The van der Waals surface area contributed by atoms with E-state index >= 15 is 0 Å². The SMILES string of the molecule is COC(=O)CCOc1ccc(-c2nnc(C(Cl)(Cl)Cl)o2)cc1OC. The van der Waals surface area contributed by atoms with E-state index in [2.05, 4.69) is 14.9 Å². The van der Waals surface area contributed by atoms with Gasteiger partial charge in [0.2, 0.25) is 5.89 Å². The fourth-order valence-electron chi connectivity index (χ4n) is 1.72. The minimum Gasteiger partial charge on any atom is -0.493 e. The van der Waals surface area contributed by atoms with Gasteiger partial charge in [-0.3, -0.25) is 4.79 Å². The Balaban J connectivity index is 2.16. The van der Waals surface area contributed by atoms with Crippen molar-refractivity contribution in [1.29, 1.82) is 0 Å². The van der Waals surface area contributed by atoms with Crippen LogP contribution in [-0.4, -0.2) is 37.0 Å². The van der Waals surface area contributed by atoms with E-state index in [1.807, 2.05) is 0 Å². The summed E-state index contributed by atoms with van der Waals surface area (Å²) in [6.07, 6.45) is 0.123. The maximum absolute atomic E-state index is 11.1. The van der Waals surface area contributed by atoms with Gasteiger partial charge in [-0.15, -0.1) is 10.2 Å². The summed E-state index contributed by atoms with van der Waals surface area (Å²) >= 11 is 17.1. The van der Waals surface area contributed by atoms with E-state index < -0.39 is 3.79 Å². The molecule has 0 aliphatic rings. The van der Waals surface area contributed by atoms with Crippen molar-refractivity contribution < 1.29 is 23.4 Å². The highest BCUT2D eigenvalue weighted by atomic mass is 35.6. The van der Waals surface area contributed by atoms with E-state index in [4.69, 9.17) is 48.7 Å². The number of alkyl halides is 3. The van der Waals surface area contributed by atoms with Gasteiger partial charge in [0, 0.05) is 5.56 Å². The van der Waals surface area contributed by atoms with Gasteiger partial charge in [0.15, 0.2) is 11.5 Å². The number of benzene rings is 1. The van der Waals surface area contributed by atoms with E-state index in [1.54, 1.807) is 18.2 Å². The van der Waals surface area contributed by atoms with Gasteiger partial charge in [0.25, 0.3) is 9.68 Å². The third kappa shape index (κ3) is 4.66. The van der Waals surface area contributed by atoms with Crippen molar-refractivity contribution >= 4 is 40.8 Å². The molecule has 0 atom stereocenters. The zero-order valence-corrected chi connectivity index (χ0v) is 15.0. The van der Waals surface area contributed by atoms with Crippen LogP contribution in [0.25, 0.3) is 11.5 Å². The van der Waals surface area contributed by atoms with Gasteiger partial charge in [-0.1, -0.05) is 34.8 Å². The Labute approximate surface area is 152 Å². The molecule has 0 N–H and O–H groups in total. The summed E-state index contributed by atoms with van der Waals surface area (Å²) in [6.45, 7) is 0.153. The molecule has 0 fully saturated rings. The number of aromatic nitrogens is 2. The summed E-state index contributed by atoms with van der Waals surface area (Å²) < 4.78 is 18.8. The number of carbonyl (C=O) groups excluding carboxylic acids is 1. The number of esters is 1. The van der Waals surface area contributed by atoms with Crippen LogP contribution >= 0.6 is 34.8 Å². The van der Waals surface area contributed by atoms with Crippen molar-refractivity contribution in [2.75, 3.05) is 20.8 Å². The van der Waals surface area contributed by atoms with Crippen LogP contribution in [0.3, 0.4) is 0 Å². The van der Waals surface area contributed by atoms with E-state index in [0.717, 1.165) is 0 Å². The summed E-state index contributed by atoms with van der Waals surface area (Å²) in [4.78, 5) is 11.1. The molecule has 7 nitrogen and oxygen atoms in total. The zero-order valence-electron chi connectivity index (χ0n) is 12.7. The van der Waals surface area contributed by atoms with Crippen LogP contribution in [-0.2, 0) is 13.3 Å². The average Bonchev–Trinajstić information content (AvgIpc) is 3.05. The van der Waals surface area contributed by atoms with Gasteiger partial charge in [0.1, 0.15) is 0 Å². The average molecular weight is 396 g/mol. The number of halogens is 3. The first-order chi connectivity index (χ1) is 11.3. The Bertz CT molecular complexity index is 715. The molecule has 0 bridgehead atoms. The van der Waals surface area contributed by atoms with E-state index in [0.29, 0.717) is 17.1 Å². The molecule has 2 aromatic rings. The number of nitrogens with zero attached hydrogens (tertiary/aromatic N) is 2. The van der Waals surface area contributed by atoms with Crippen LogP contribution < -0.4 is 9.47 Å². The molecule has 0 aliphatic carbocycles. The number of hydrogen-bond acceptors (Lipinski definition) is 7. The normalized spacial score (nSPS) is 11.2. The Morgan fingerprint density at radius 2 is 1.96 bits per heavy atom. The summed E-state index contributed by atoms with van der Waals surface area (Å²) in [6, 6.07) is 4.94. The summed E-state index contributed by atoms with van der Waals surface area (Å²) in [5, 5.41) is 7.51. The molecule has 2 rings (SSSR count). The van der Waals surface area contributed by atoms with Gasteiger partial charge >= 0.3 is 5.97 Å². The van der Waals surface area contributed by atoms with Crippen molar-refractivity contribution in [2.45, 2.75) is 10.2 Å². The maximum Gasteiger partial charge on any atom is 0.308 e. The predicted octanol–water partition coefficient (Wildman–Crippen LogP) is 3.51. The lowest BCUT2D eigenvalue weighted by Gasteiger charge is -2.11. The monoisotopic (exact) mass is 394 g/mol. The molecular weight excluding hydrogens is 383 g/mol. The van der Waals surface area contributed by atoms with Crippen molar-refractivity contribution in [3.8, 4) is 23.0 Å². The largest absolute Gasteiger partial charge is 0.493 e. The molecule has 1 aromatic heterocycles. The first-order valence-corrected chi connectivity index (χ1v) is 7.77. The van der Waals surface area contributed by atoms with Crippen LogP contribution in [0, 0.1) is 0 Å². The smallest absolute Gasteiger partial charge is 0.308 e. The van der Waals surface area contributed by atoms with Gasteiger partial charge in [-0.2, -0.15) is 0 Å². The molecule has 1 heterocycles. The van der Waals surface area contributed by atoms with Crippen molar-refractivity contribution in [3.63, 3.8) is 0 Å². The second kappa shape index (κ2) is 7.92. The molecule has 0 amide bonds. The van der Waals surface area contributed by atoms with Crippen LogP contribution in [0.15, 0.2) is 22.6 Å². The third-order valence-electron chi connectivity index (χ3n) is 2.87. The van der Waals surface area contributed by atoms with E-state index in [-0.39, 0.29) is 30.8 Å². The maximum atomic E-state index is 11.1. The summed E-state index contributed by atoms with van der Waals surface area (Å²) in [5.74, 6) is 0.531. The van der Waals surface area contributed by atoms with Crippen LogP contribution in [0.4, 0.5) is 0 Å². The fraction of sp³-hybridized carbons (Fsp3) is 0.357. The molecule has 10 heteroatoms. The minimum absolute atomic E-state index is 0.123. The Hall–Kier alpha value is -1.70. The Kier molecular flexibility index (Phi) is 6.15. The van der Waals surface area contributed by atoms with Gasteiger partial charge < -0.3 is 18.6 Å². The Morgan fingerprint density at radius 3 is 2.54 bits per heavy atom. The minimum atomic E-state index is -1.80. The molecule has 1 aromatic carbocycles. The molecule has 0 radical (unpaired) electrons. The topological polar surface area (TPSA) is 83.7 Å². The Morgan fingerprint density at radius 1 is 1.21 bits per heavy atom. The van der Waals surface area contributed by atoms with Gasteiger partial charge in [-0.05, 0) is 18.2 Å². The van der Waals surface area contributed by atoms with Crippen LogP contribution in [0.2, 0.25) is 0 Å². The van der Waals surface area contributed by atoms with Crippen LogP contribution in [0.1, 0.15) is 12.3 Å². The fourth-order valence-corrected chi connectivity index (χ4v) is 1.95. The number of carbonyl (C=O) groups is 1. The summed E-state index contributed by atoms with van der Waals surface area (Å²) in [7, 11) is 2.79. The quantitative estimate of drug-likeness (QED) is 0.546. The standard InChI is InChI=1S/C14H13Cl3N2O5/c1-21-10-7-8(12-18-19-13(24-12)14(15,16)17)3-4-9(10)23-6-5-11(20)22-2/h3-4,7H,5-6H2,1-2H3. The molecule has 0 unspecified atom stereocenters. The number of rotatable bonds is 6. The molecule has 0 aliphatic heterocycles. The lowest BCUT2D eigenvalue weighted by Crippen LogP contribution is -2.08.